The highest BCUT2D eigenvalue weighted by molar-refractivity contribution is 7.93. The number of sulfone groups is 1. The van der Waals surface area contributed by atoms with Crippen molar-refractivity contribution < 1.29 is 23.1 Å². The van der Waals surface area contributed by atoms with Crippen molar-refractivity contribution in [3.05, 3.63) is 0 Å². The maximum absolute atomic E-state index is 11.4. The minimum atomic E-state index is -3.90. The van der Waals surface area contributed by atoms with Crippen LogP contribution in [0.3, 0.4) is 0 Å². The van der Waals surface area contributed by atoms with Gasteiger partial charge < -0.3 is 10.0 Å². The van der Waals surface area contributed by atoms with Crippen LogP contribution in [0.1, 0.15) is 13.8 Å². The van der Waals surface area contributed by atoms with E-state index in [1.807, 2.05) is 0 Å². The Kier molecular flexibility index (Phi) is 4.73. The van der Waals surface area contributed by atoms with E-state index >= 15 is 0 Å². The van der Waals surface area contributed by atoms with Gasteiger partial charge in [0.2, 0.25) is 5.91 Å². The Balaban J connectivity index is 4.66. The quantitative estimate of drug-likeness (QED) is 0.686. The number of amides is 1. The second-order valence-electron chi connectivity index (χ2n) is 3.20. The van der Waals surface area contributed by atoms with Crippen LogP contribution in [0.15, 0.2) is 0 Å². The number of carbonyl (C=O) groups excluding carboxylic acids is 1. The molecule has 0 aliphatic rings. The largest absolute Gasteiger partial charge is 0.480 e. The molecule has 0 saturated heterocycles. The van der Waals surface area contributed by atoms with Gasteiger partial charge in [0, 0.05) is 13.6 Å². The standard InChI is InChI=1S/C8H15NO5S/c1-4-9(3)7(10)5-15(13,14)6(2)8(11)12/h6H,4-5H2,1-3H3,(H,11,12). The molecule has 1 atom stereocenters. The summed E-state index contributed by atoms with van der Waals surface area (Å²) in [5.41, 5.74) is 0. The van der Waals surface area contributed by atoms with Crippen molar-refractivity contribution >= 4 is 21.7 Å². The second-order valence-corrected chi connectivity index (χ2v) is 5.52. The van der Waals surface area contributed by atoms with Crippen molar-refractivity contribution in [2.75, 3.05) is 19.3 Å². The third-order valence-electron chi connectivity index (χ3n) is 2.11. The monoisotopic (exact) mass is 237 g/mol. The summed E-state index contributed by atoms with van der Waals surface area (Å²) >= 11 is 0. The Morgan fingerprint density at radius 3 is 2.20 bits per heavy atom. The molecular formula is C8H15NO5S. The second kappa shape index (κ2) is 5.11. The number of aliphatic carboxylic acids is 1. The van der Waals surface area contributed by atoms with Gasteiger partial charge in [0.1, 0.15) is 5.75 Å². The molecule has 0 fully saturated rings. The third kappa shape index (κ3) is 3.86. The van der Waals surface area contributed by atoms with Gasteiger partial charge >= 0.3 is 5.97 Å². The van der Waals surface area contributed by atoms with Crippen LogP contribution in [-0.4, -0.2) is 54.9 Å². The lowest BCUT2D eigenvalue weighted by Crippen LogP contribution is -2.37. The Bertz CT molecular complexity index is 348. The van der Waals surface area contributed by atoms with Crippen molar-refractivity contribution in [1.82, 2.24) is 4.90 Å². The number of rotatable bonds is 5. The van der Waals surface area contributed by atoms with Crippen molar-refractivity contribution in [2.24, 2.45) is 0 Å². The summed E-state index contributed by atoms with van der Waals surface area (Å²) < 4.78 is 22.7. The zero-order valence-corrected chi connectivity index (χ0v) is 9.74. The molecule has 1 amide bonds. The maximum atomic E-state index is 11.4. The Morgan fingerprint density at radius 1 is 1.40 bits per heavy atom. The van der Waals surface area contributed by atoms with E-state index in [1.165, 1.54) is 11.9 Å². The molecule has 0 aromatic rings. The molecule has 0 bridgehead atoms. The van der Waals surface area contributed by atoms with E-state index in [0.29, 0.717) is 6.54 Å². The molecule has 15 heavy (non-hydrogen) atoms. The Labute approximate surface area is 88.8 Å². The summed E-state index contributed by atoms with van der Waals surface area (Å²) in [6.45, 7) is 3.14. The first kappa shape index (κ1) is 13.9. The average molecular weight is 237 g/mol. The van der Waals surface area contributed by atoms with Crippen LogP contribution in [0, 0.1) is 0 Å². The Hall–Kier alpha value is -1.11. The van der Waals surface area contributed by atoms with E-state index in [1.54, 1.807) is 6.92 Å². The number of hydrogen-bond acceptors (Lipinski definition) is 4. The zero-order valence-electron chi connectivity index (χ0n) is 8.93. The molecular weight excluding hydrogens is 222 g/mol. The molecule has 0 aromatic carbocycles. The molecule has 0 rings (SSSR count). The van der Waals surface area contributed by atoms with Crippen molar-refractivity contribution in [3.8, 4) is 0 Å². The predicted molar refractivity (Wildman–Crippen MR) is 54.2 cm³/mol. The molecule has 0 aliphatic heterocycles. The smallest absolute Gasteiger partial charge is 0.321 e. The summed E-state index contributed by atoms with van der Waals surface area (Å²) in [7, 11) is -2.44. The first-order valence-corrected chi connectivity index (χ1v) is 6.12. The highest BCUT2D eigenvalue weighted by atomic mass is 32.2. The lowest BCUT2D eigenvalue weighted by Gasteiger charge is -2.15. The fraction of sp³-hybridized carbons (Fsp3) is 0.750. The van der Waals surface area contributed by atoms with E-state index in [4.69, 9.17) is 5.11 Å². The number of carbonyl (C=O) groups is 2. The van der Waals surface area contributed by atoms with Gasteiger partial charge in [-0.1, -0.05) is 0 Å². The van der Waals surface area contributed by atoms with Gasteiger partial charge in [-0.25, -0.2) is 8.42 Å². The maximum Gasteiger partial charge on any atom is 0.321 e. The molecule has 88 valence electrons. The normalized spacial score (nSPS) is 13.3. The topological polar surface area (TPSA) is 91.8 Å². The summed E-state index contributed by atoms with van der Waals surface area (Å²) in [4.78, 5) is 23.0. The minimum absolute atomic E-state index is 0.385. The van der Waals surface area contributed by atoms with Crippen LogP contribution in [0.4, 0.5) is 0 Å². The summed E-state index contributed by atoms with van der Waals surface area (Å²) in [6, 6.07) is 0. The zero-order chi connectivity index (χ0) is 12.2. The van der Waals surface area contributed by atoms with Gasteiger partial charge in [-0.2, -0.15) is 0 Å². The SMILES string of the molecule is CCN(C)C(=O)CS(=O)(=O)C(C)C(=O)O. The highest BCUT2D eigenvalue weighted by Gasteiger charge is 2.30. The fourth-order valence-electron chi connectivity index (χ4n) is 0.737. The van der Waals surface area contributed by atoms with E-state index in [2.05, 4.69) is 0 Å². The van der Waals surface area contributed by atoms with Gasteiger partial charge in [0.15, 0.2) is 15.1 Å². The minimum Gasteiger partial charge on any atom is -0.480 e. The van der Waals surface area contributed by atoms with Gasteiger partial charge in [0.05, 0.1) is 0 Å². The van der Waals surface area contributed by atoms with E-state index < -0.39 is 32.7 Å². The predicted octanol–water partition coefficient (Wildman–Crippen LogP) is -0.647. The van der Waals surface area contributed by atoms with Crippen molar-refractivity contribution in [2.45, 2.75) is 19.1 Å². The van der Waals surface area contributed by atoms with E-state index in [0.717, 1.165) is 6.92 Å². The van der Waals surface area contributed by atoms with Crippen LogP contribution in [0.5, 0.6) is 0 Å². The third-order valence-corrected chi connectivity index (χ3v) is 4.04. The molecule has 1 N–H and O–H groups in total. The van der Waals surface area contributed by atoms with Crippen LogP contribution < -0.4 is 0 Å². The number of carboxylic acid groups (broad SMARTS) is 1. The van der Waals surface area contributed by atoms with E-state index in [-0.39, 0.29) is 0 Å². The van der Waals surface area contributed by atoms with Gasteiger partial charge in [-0.3, -0.25) is 9.59 Å². The highest BCUT2D eigenvalue weighted by Crippen LogP contribution is 2.03. The van der Waals surface area contributed by atoms with Crippen LogP contribution in [0.25, 0.3) is 0 Å². The fourth-order valence-corrected chi connectivity index (χ4v) is 1.86. The molecule has 7 heteroatoms. The van der Waals surface area contributed by atoms with Gasteiger partial charge in [0.25, 0.3) is 0 Å². The molecule has 0 heterocycles. The first-order chi connectivity index (χ1) is 6.72. The summed E-state index contributed by atoms with van der Waals surface area (Å²) in [6.07, 6.45) is 0. The molecule has 1 unspecified atom stereocenters. The lowest BCUT2D eigenvalue weighted by molar-refractivity contribution is -0.136. The average Bonchev–Trinajstić information content (AvgIpc) is 2.14. The molecule has 0 aromatic heterocycles. The van der Waals surface area contributed by atoms with Crippen LogP contribution >= 0.6 is 0 Å². The Morgan fingerprint density at radius 2 is 1.87 bits per heavy atom. The number of hydrogen-bond donors (Lipinski definition) is 1. The molecule has 0 saturated carbocycles. The first-order valence-electron chi connectivity index (χ1n) is 4.40. The number of carboxylic acids is 1. The molecule has 0 spiro atoms. The van der Waals surface area contributed by atoms with Gasteiger partial charge in [-0.05, 0) is 13.8 Å². The lowest BCUT2D eigenvalue weighted by atomic mass is 10.5. The van der Waals surface area contributed by atoms with Crippen LogP contribution in [-0.2, 0) is 19.4 Å². The van der Waals surface area contributed by atoms with Crippen molar-refractivity contribution in [3.63, 3.8) is 0 Å². The van der Waals surface area contributed by atoms with Gasteiger partial charge in [-0.15, -0.1) is 0 Å². The van der Waals surface area contributed by atoms with Crippen LogP contribution in [0.2, 0.25) is 0 Å². The molecule has 0 radical (unpaired) electrons. The van der Waals surface area contributed by atoms with E-state index in [9.17, 15) is 18.0 Å². The summed E-state index contributed by atoms with van der Waals surface area (Å²) in [5.74, 6) is -2.79. The molecule has 6 nitrogen and oxygen atoms in total. The molecule has 0 aliphatic carbocycles. The number of nitrogens with zero attached hydrogens (tertiary/aromatic N) is 1. The van der Waals surface area contributed by atoms with Crippen molar-refractivity contribution in [1.29, 1.82) is 0 Å². The summed E-state index contributed by atoms with van der Waals surface area (Å²) in [5, 5.41) is 6.97.